The van der Waals surface area contributed by atoms with Gasteiger partial charge in [-0.3, -0.25) is 9.59 Å². The van der Waals surface area contributed by atoms with Crippen LogP contribution in [0, 0.1) is 6.92 Å². The number of nitrogens with two attached hydrogens (primary N) is 2. The molecule has 174 valence electrons. The summed E-state index contributed by atoms with van der Waals surface area (Å²) in [4.78, 5) is 25.8. The lowest BCUT2D eigenvalue weighted by Gasteiger charge is -2.24. The number of ether oxygens (including phenoxy) is 1. The summed E-state index contributed by atoms with van der Waals surface area (Å²) in [6.07, 6.45) is 0. The van der Waals surface area contributed by atoms with Gasteiger partial charge in [0, 0.05) is 31.3 Å². The van der Waals surface area contributed by atoms with Gasteiger partial charge in [-0.25, -0.2) is 0 Å². The molecule has 8 heteroatoms. The Morgan fingerprint density at radius 1 is 1.00 bits per heavy atom. The molecule has 32 heavy (non-hydrogen) atoms. The summed E-state index contributed by atoms with van der Waals surface area (Å²) in [5.41, 5.74) is 14.7. The molecule has 2 rings (SSSR count). The van der Waals surface area contributed by atoms with Crippen molar-refractivity contribution in [1.82, 2.24) is 0 Å². The fourth-order valence-corrected chi connectivity index (χ4v) is 3.94. The Morgan fingerprint density at radius 2 is 1.66 bits per heavy atom. The number of hydrogen-bond donors (Lipinski definition) is 4. The molecular formula is C24H34N4O3S. The van der Waals surface area contributed by atoms with Crippen molar-refractivity contribution in [1.29, 1.82) is 0 Å². The lowest BCUT2D eigenvalue weighted by Crippen LogP contribution is -2.18. The minimum Gasteiger partial charge on any atom is -0.492 e. The van der Waals surface area contributed by atoms with Gasteiger partial charge in [-0.2, -0.15) is 0 Å². The number of nitrogens with one attached hydrogen (secondary N) is 2. The second kappa shape index (κ2) is 11.4. The zero-order valence-electron chi connectivity index (χ0n) is 19.5. The Balaban J connectivity index is 2.51. The lowest BCUT2D eigenvalue weighted by atomic mass is 9.86. The minimum atomic E-state index is -0.263. The van der Waals surface area contributed by atoms with Gasteiger partial charge in [0.1, 0.15) is 12.4 Å². The maximum atomic E-state index is 13.2. The maximum Gasteiger partial charge on any atom is 0.255 e. The molecule has 0 aliphatic carbocycles. The molecule has 0 aromatic heterocycles. The number of thioether (sulfide) groups is 1. The fourth-order valence-electron chi connectivity index (χ4n) is 3.09. The van der Waals surface area contributed by atoms with Gasteiger partial charge in [-0.05, 0) is 53.8 Å². The third kappa shape index (κ3) is 7.25. The summed E-state index contributed by atoms with van der Waals surface area (Å²) < 4.78 is 5.61. The first-order chi connectivity index (χ1) is 15.0. The number of carbonyl (C=O) groups excluding carboxylic acids is 2. The van der Waals surface area contributed by atoms with E-state index in [1.54, 1.807) is 12.1 Å². The second-order valence-electron chi connectivity index (χ2n) is 8.59. The Bertz CT molecular complexity index is 970. The monoisotopic (exact) mass is 458 g/mol. The molecule has 2 aromatic rings. The first kappa shape index (κ1) is 25.7. The molecular weight excluding hydrogens is 424 g/mol. The normalized spacial score (nSPS) is 11.2. The molecule has 0 heterocycles. The topological polar surface area (TPSA) is 119 Å². The van der Waals surface area contributed by atoms with Crippen LogP contribution in [-0.2, 0) is 10.2 Å². The number of amides is 2. The average molecular weight is 459 g/mol. The highest BCUT2D eigenvalue weighted by molar-refractivity contribution is 7.99. The van der Waals surface area contributed by atoms with Gasteiger partial charge in [-0.15, -0.1) is 11.8 Å². The molecule has 0 spiro atoms. The fraction of sp³-hybridized carbons (Fsp3) is 0.417. The standard InChI is InChI=1S/C24H34N4O3S/c1-15-10-17(12-19(11-15)31-8-6-25)23(30)28-21-14-18(24(3,4)5)13-20(27-16(2)29)22(21)32-9-7-26/h10-14H,6-9,25-26H2,1-5H3,(H,27,29)(H,28,30). The molecule has 0 unspecified atom stereocenters. The molecule has 0 aliphatic rings. The van der Waals surface area contributed by atoms with Gasteiger partial charge in [0.25, 0.3) is 5.91 Å². The largest absolute Gasteiger partial charge is 0.492 e. The summed E-state index contributed by atoms with van der Waals surface area (Å²) >= 11 is 1.50. The van der Waals surface area contributed by atoms with Crippen LogP contribution in [0.5, 0.6) is 5.75 Å². The van der Waals surface area contributed by atoms with Gasteiger partial charge < -0.3 is 26.8 Å². The van der Waals surface area contributed by atoms with Crippen LogP contribution in [0.3, 0.4) is 0 Å². The van der Waals surface area contributed by atoms with Crippen LogP contribution in [0.2, 0.25) is 0 Å². The van der Waals surface area contributed by atoms with E-state index in [1.807, 2.05) is 25.1 Å². The number of benzene rings is 2. The second-order valence-corrected chi connectivity index (χ2v) is 9.70. The van der Waals surface area contributed by atoms with Crippen molar-refractivity contribution in [2.45, 2.75) is 44.9 Å². The predicted octanol–water partition coefficient (Wildman–Crippen LogP) is 3.89. The number of anilines is 2. The van der Waals surface area contributed by atoms with Crippen LogP contribution >= 0.6 is 11.8 Å². The molecule has 0 atom stereocenters. The number of rotatable bonds is 9. The zero-order chi connectivity index (χ0) is 23.9. The van der Waals surface area contributed by atoms with Crippen molar-refractivity contribution >= 4 is 35.0 Å². The molecule has 0 radical (unpaired) electrons. The first-order valence-corrected chi connectivity index (χ1v) is 11.6. The van der Waals surface area contributed by atoms with Crippen molar-refractivity contribution < 1.29 is 14.3 Å². The number of hydrogen-bond acceptors (Lipinski definition) is 6. The van der Waals surface area contributed by atoms with Crippen LogP contribution in [0.4, 0.5) is 11.4 Å². The van der Waals surface area contributed by atoms with Crippen molar-refractivity contribution in [3.8, 4) is 5.75 Å². The maximum absolute atomic E-state index is 13.2. The molecule has 7 nitrogen and oxygen atoms in total. The minimum absolute atomic E-state index is 0.177. The van der Waals surface area contributed by atoms with Crippen LogP contribution in [0.25, 0.3) is 0 Å². The van der Waals surface area contributed by atoms with Crippen molar-refractivity contribution in [3.63, 3.8) is 0 Å². The molecule has 6 N–H and O–H groups in total. The summed E-state index contributed by atoms with van der Waals surface area (Å²) in [6.45, 7) is 10.9. The van der Waals surface area contributed by atoms with E-state index in [0.717, 1.165) is 16.0 Å². The van der Waals surface area contributed by atoms with Crippen molar-refractivity contribution in [2.75, 3.05) is 36.1 Å². The van der Waals surface area contributed by atoms with Crippen LogP contribution < -0.4 is 26.8 Å². The van der Waals surface area contributed by atoms with Gasteiger partial charge in [0.15, 0.2) is 0 Å². The van der Waals surface area contributed by atoms with Crippen LogP contribution in [0.1, 0.15) is 49.2 Å². The molecule has 0 aliphatic heterocycles. The van der Waals surface area contributed by atoms with Crippen molar-refractivity contribution in [2.24, 2.45) is 11.5 Å². The number of carbonyl (C=O) groups is 2. The smallest absolute Gasteiger partial charge is 0.255 e. The van der Waals surface area contributed by atoms with E-state index in [9.17, 15) is 9.59 Å². The molecule has 0 bridgehead atoms. The van der Waals surface area contributed by atoms with Gasteiger partial charge in [0.2, 0.25) is 5.91 Å². The van der Waals surface area contributed by atoms with Crippen molar-refractivity contribution in [3.05, 3.63) is 47.0 Å². The quantitative estimate of drug-likeness (QED) is 0.423. The zero-order valence-corrected chi connectivity index (χ0v) is 20.3. The van der Waals surface area contributed by atoms with E-state index in [-0.39, 0.29) is 17.2 Å². The van der Waals surface area contributed by atoms with Gasteiger partial charge in [0.05, 0.1) is 16.3 Å². The highest BCUT2D eigenvalue weighted by atomic mass is 32.2. The highest BCUT2D eigenvalue weighted by Crippen LogP contribution is 2.39. The Hall–Kier alpha value is -2.55. The Morgan fingerprint density at radius 3 is 2.22 bits per heavy atom. The van der Waals surface area contributed by atoms with Gasteiger partial charge in [-0.1, -0.05) is 20.8 Å². The van der Waals surface area contributed by atoms with E-state index in [0.29, 0.717) is 48.1 Å². The van der Waals surface area contributed by atoms with E-state index in [2.05, 4.69) is 31.4 Å². The summed E-state index contributed by atoms with van der Waals surface area (Å²) in [7, 11) is 0. The third-order valence-electron chi connectivity index (χ3n) is 4.58. The summed E-state index contributed by atoms with van der Waals surface area (Å²) in [5, 5.41) is 5.95. The Kier molecular flexibility index (Phi) is 9.12. The molecule has 2 aromatic carbocycles. The molecule has 2 amide bonds. The SMILES string of the molecule is CC(=O)Nc1cc(C(C)(C)C)cc(NC(=O)c2cc(C)cc(OCCN)c2)c1SCCN. The number of aryl methyl sites for hydroxylation is 1. The lowest BCUT2D eigenvalue weighted by molar-refractivity contribution is -0.114. The van der Waals surface area contributed by atoms with Gasteiger partial charge >= 0.3 is 0 Å². The van der Waals surface area contributed by atoms with E-state index >= 15 is 0 Å². The van der Waals surface area contributed by atoms with E-state index in [4.69, 9.17) is 16.2 Å². The Labute approximate surface area is 194 Å². The summed E-state index contributed by atoms with van der Waals surface area (Å²) in [5.74, 6) is 0.802. The molecule has 0 saturated heterocycles. The molecule has 0 saturated carbocycles. The van der Waals surface area contributed by atoms with E-state index < -0.39 is 0 Å². The van der Waals surface area contributed by atoms with Crippen LogP contribution in [0.15, 0.2) is 35.2 Å². The average Bonchev–Trinajstić information content (AvgIpc) is 2.70. The highest BCUT2D eigenvalue weighted by Gasteiger charge is 2.21. The third-order valence-corrected chi connectivity index (χ3v) is 5.75. The van der Waals surface area contributed by atoms with Crippen LogP contribution in [-0.4, -0.2) is 37.3 Å². The van der Waals surface area contributed by atoms with E-state index in [1.165, 1.54) is 18.7 Å². The first-order valence-electron chi connectivity index (χ1n) is 10.6. The molecule has 0 fully saturated rings. The summed E-state index contributed by atoms with van der Waals surface area (Å²) in [6, 6.07) is 9.29. The predicted molar refractivity (Wildman–Crippen MR) is 133 cm³/mol.